The highest BCUT2D eigenvalue weighted by atomic mass is 15.2. The molecule has 1 aliphatic carbocycles. The van der Waals surface area contributed by atoms with Gasteiger partial charge < -0.3 is 10.6 Å². The summed E-state index contributed by atoms with van der Waals surface area (Å²) in [7, 11) is 0. The predicted octanol–water partition coefficient (Wildman–Crippen LogP) is 2.77. The maximum absolute atomic E-state index is 5.82. The summed E-state index contributed by atoms with van der Waals surface area (Å²) in [6, 6.07) is 1.31. The summed E-state index contributed by atoms with van der Waals surface area (Å²) in [5.41, 5.74) is 5.82. The molecule has 2 N–H and O–H groups in total. The van der Waals surface area contributed by atoms with Crippen LogP contribution in [0.4, 0.5) is 0 Å². The van der Waals surface area contributed by atoms with Crippen molar-refractivity contribution in [1.29, 1.82) is 0 Å². The van der Waals surface area contributed by atoms with Crippen molar-refractivity contribution in [3.05, 3.63) is 0 Å². The van der Waals surface area contributed by atoms with Gasteiger partial charge in [-0.1, -0.05) is 12.8 Å². The van der Waals surface area contributed by atoms with Gasteiger partial charge >= 0.3 is 0 Å². The first-order valence-corrected chi connectivity index (χ1v) is 7.27. The van der Waals surface area contributed by atoms with Crippen molar-refractivity contribution in [1.82, 2.24) is 4.90 Å². The van der Waals surface area contributed by atoms with Crippen LogP contribution in [0.2, 0.25) is 0 Å². The molecule has 1 aliphatic heterocycles. The maximum Gasteiger partial charge on any atom is 0.0123 e. The molecule has 2 aliphatic rings. The van der Waals surface area contributed by atoms with Crippen LogP contribution in [0.3, 0.4) is 0 Å². The highest BCUT2D eigenvalue weighted by Crippen LogP contribution is 2.35. The Morgan fingerprint density at radius 3 is 2.75 bits per heavy atom. The standard InChI is InChI=1S/C14H28N2/c1-12(15)6-4-10-16-11-5-8-13-7-2-3-9-14(13)16/h12-14H,2-11,15H2,1H3. The van der Waals surface area contributed by atoms with Crippen molar-refractivity contribution in [3.63, 3.8) is 0 Å². The van der Waals surface area contributed by atoms with Gasteiger partial charge in [0.25, 0.3) is 0 Å². The van der Waals surface area contributed by atoms with Crippen LogP contribution >= 0.6 is 0 Å². The van der Waals surface area contributed by atoms with Crippen LogP contribution in [0.1, 0.15) is 58.3 Å². The second kappa shape index (κ2) is 6.02. The Bertz CT molecular complexity index is 201. The summed E-state index contributed by atoms with van der Waals surface area (Å²) in [5, 5.41) is 0. The molecule has 0 radical (unpaired) electrons. The van der Waals surface area contributed by atoms with Crippen molar-refractivity contribution >= 4 is 0 Å². The number of hydrogen-bond donors (Lipinski definition) is 1. The zero-order valence-electron chi connectivity index (χ0n) is 10.8. The number of hydrogen-bond acceptors (Lipinski definition) is 2. The Morgan fingerprint density at radius 1 is 1.19 bits per heavy atom. The third-order valence-electron chi connectivity index (χ3n) is 4.46. The molecule has 0 spiro atoms. The molecular weight excluding hydrogens is 196 g/mol. The van der Waals surface area contributed by atoms with Gasteiger partial charge in [0, 0.05) is 12.1 Å². The minimum Gasteiger partial charge on any atom is -0.328 e. The second-order valence-electron chi connectivity index (χ2n) is 5.91. The van der Waals surface area contributed by atoms with Crippen molar-refractivity contribution in [2.24, 2.45) is 11.7 Å². The lowest BCUT2D eigenvalue weighted by Crippen LogP contribution is -2.47. The molecule has 94 valence electrons. The number of rotatable bonds is 4. The molecule has 0 aromatic heterocycles. The fourth-order valence-corrected chi connectivity index (χ4v) is 3.62. The second-order valence-corrected chi connectivity index (χ2v) is 5.91. The summed E-state index contributed by atoms with van der Waals surface area (Å²) in [4.78, 5) is 2.77. The molecule has 1 saturated carbocycles. The third kappa shape index (κ3) is 3.21. The number of nitrogens with zero attached hydrogens (tertiary/aromatic N) is 1. The summed E-state index contributed by atoms with van der Waals surface area (Å²) >= 11 is 0. The van der Waals surface area contributed by atoms with E-state index in [0.717, 1.165) is 12.0 Å². The van der Waals surface area contributed by atoms with Crippen LogP contribution in [0.5, 0.6) is 0 Å². The lowest BCUT2D eigenvalue weighted by molar-refractivity contribution is 0.0594. The molecule has 2 nitrogen and oxygen atoms in total. The normalized spacial score (nSPS) is 33.4. The summed E-state index contributed by atoms with van der Waals surface area (Å²) in [6.07, 6.45) is 11.3. The van der Waals surface area contributed by atoms with Crippen molar-refractivity contribution in [2.75, 3.05) is 13.1 Å². The van der Waals surface area contributed by atoms with Gasteiger partial charge in [0.15, 0.2) is 0 Å². The minimum absolute atomic E-state index is 0.381. The number of nitrogens with two attached hydrogens (primary N) is 1. The average Bonchev–Trinajstić information content (AvgIpc) is 2.29. The quantitative estimate of drug-likeness (QED) is 0.795. The van der Waals surface area contributed by atoms with Gasteiger partial charge in [-0.05, 0) is 64.5 Å². The first kappa shape index (κ1) is 12.4. The van der Waals surface area contributed by atoms with E-state index in [9.17, 15) is 0 Å². The molecule has 2 fully saturated rings. The Hall–Kier alpha value is -0.0800. The number of piperidine rings is 1. The van der Waals surface area contributed by atoms with Crippen molar-refractivity contribution in [3.8, 4) is 0 Å². The highest BCUT2D eigenvalue weighted by molar-refractivity contribution is 4.87. The van der Waals surface area contributed by atoms with Gasteiger partial charge in [-0.2, -0.15) is 0 Å². The first-order valence-electron chi connectivity index (χ1n) is 7.27. The van der Waals surface area contributed by atoms with E-state index in [1.807, 2.05) is 0 Å². The van der Waals surface area contributed by atoms with E-state index in [2.05, 4.69) is 11.8 Å². The Balaban J connectivity index is 1.78. The van der Waals surface area contributed by atoms with Crippen LogP contribution in [-0.2, 0) is 0 Å². The first-order chi connectivity index (χ1) is 7.77. The average molecular weight is 224 g/mol. The van der Waals surface area contributed by atoms with Gasteiger partial charge in [-0.25, -0.2) is 0 Å². The van der Waals surface area contributed by atoms with Crippen LogP contribution in [0.25, 0.3) is 0 Å². The lowest BCUT2D eigenvalue weighted by Gasteiger charge is -2.44. The predicted molar refractivity (Wildman–Crippen MR) is 69.4 cm³/mol. The summed E-state index contributed by atoms with van der Waals surface area (Å²) < 4.78 is 0. The van der Waals surface area contributed by atoms with Gasteiger partial charge in [-0.3, -0.25) is 0 Å². The van der Waals surface area contributed by atoms with Crippen LogP contribution in [0.15, 0.2) is 0 Å². The minimum atomic E-state index is 0.381. The summed E-state index contributed by atoms with van der Waals surface area (Å²) in [5.74, 6) is 1.03. The van der Waals surface area contributed by atoms with Crippen LogP contribution < -0.4 is 5.73 Å². The molecule has 1 heterocycles. The Morgan fingerprint density at radius 2 is 1.94 bits per heavy atom. The van der Waals surface area contributed by atoms with E-state index in [0.29, 0.717) is 6.04 Å². The topological polar surface area (TPSA) is 29.3 Å². The molecular formula is C14H28N2. The maximum atomic E-state index is 5.82. The van der Waals surface area contributed by atoms with E-state index < -0.39 is 0 Å². The third-order valence-corrected chi connectivity index (χ3v) is 4.46. The molecule has 2 rings (SSSR count). The number of fused-ring (bicyclic) bond motifs is 1. The molecule has 3 atom stereocenters. The van der Waals surface area contributed by atoms with E-state index >= 15 is 0 Å². The van der Waals surface area contributed by atoms with Gasteiger partial charge in [-0.15, -0.1) is 0 Å². The Kier molecular flexibility index (Phi) is 4.66. The molecule has 3 unspecified atom stereocenters. The fourth-order valence-electron chi connectivity index (χ4n) is 3.62. The smallest absolute Gasteiger partial charge is 0.0123 e. The van der Waals surface area contributed by atoms with Crippen LogP contribution in [0, 0.1) is 5.92 Å². The monoisotopic (exact) mass is 224 g/mol. The molecule has 0 aromatic rings. The number of likely N-dealkylation sites (tertiary alicyclic amines) is 1. The highest BCUT2D eigenvalue weighted by Gasteiger charge is 2.32. The Labute approximate surface area is 101 Å². The molecule has 0 aromatic carbocycles. The van der Waals surface area contributed by atoms with E-state index in [4.69, 9.17) is 5.73 Å². The van der Waals surface area contributed by atoms with Gasteiger partial charge in [0.2, 0.25) is 0 Å². The largest absolute Gasteiger partial charge is 0.328 e. The zero-order chi connectivity index (χ0) is 11.4. The van der Waals surface area contributed by atoms with Gasteiger partial charge in [0.05, 0.1) is 0 Å². The SMILES string of the molecule is CC(N)CCCN1CCCC2CCCCC21. The molecule has 0 amide bonds. The molecule has 1 saturated heterocycles. The van der Waals surface area contributed by atoms with E-state index in [1.165, 1.54) is 64.5 Å². The van der Waals surface area contributed by atoms with Crippen molar-refractivity contribution < 1.29 is 0 Å². The fraction of sp³-hybridized carbons (Fsp3) is 1.00. The molecule has 0 bridgehead atoms. The summed E-state index contributed by atoms with van der Waals surface area (Å²) in [6.45, 7) is 4.77. The van der Waals surface area contributed by atoms with Gasteiger partial charge in [0.1, 0.15) is 0 Å². The zero-order valence-corrected chi connectivity index (χ0v) is 10.8. The lowest BCUT2D eigenvalue weighted by atomic mass is 9.78. The van der Waals surface area contributed by atoms with Crippen LogP contribution in [-0.4, -0.2) is 30.1 Å². The van der Waals surface area contributed by atoms with Crippen molar-refractivity contribution in [2.45, 2.75) is 70.4 Å². The molecule has 2 heteroatoms. The van der Waals surface area contributed by atoms with E-state index in [1.54, 1.807) is 0 Å². The van der Waals surface area contributed by atoms with E-state index in [-0.39, 0.29) is 0 Å². The molecule has 16 heavy (non-hydrogen) atoms.